The summed E-state index contributed by atoms with van der Waals surface area (Å²) in [6.07, 6.45) is 8.10. The van der Waals surface area contributed by atoms with Crippen molar-refractivity contribution in [1.29, 1.82) is 0 Å². The highest BCUT2D eigenvalue weighted by atomic mass is 16.2. The summed E-state index contributed by atoms with van der Waals surface area (Å²) in [6, 6.07) is 9.49. The summed E-state index contributed by atoms with van der Waals surface area (Å²) in [4.78, 5) is 26.8. The molecule has 4 heteroatoms. The van der Waals surface area contributed by atoms with E-state index < -0.39 is 0 Å². The average molecular weight is 338 g/mol. The number of nitrogens with zero attached hydrogens (tertiary/aromatic N) is 1. The first-order valence-corrected chi connectivity index (χ1v) is 9.76. The van der Waals surface area contributed by atoms with Crippen LogP contribution in [-0.2, 0) is 16.1 Å². The summed E-state index contributed by atoms with van der Waals surface area (Å²) in [5.41, 5.74) is 1.14. The molecule has 5 fully saturated rings. The van der Waals surface area contributed by atoms with Gasteiger partial charge in [0, 0.05) is 5.54 Å². The van der Waals surface area contributed by atoms with Crippen LogP contribution in [0.1, 0.15) is 50.5 Å². The third kappa shape index (κ3) is 2.71. The van der Waals surface area contributed by atoms with Gasteiger partial charge in [-0.2, -0.15) is 0 Å². The predicted octanol–water partition coefficient (Wildman–Crippen LogP) is 2.87. The van der Waals surface area contributed by atoms with Gasteiger partial charge in [0.1, 0.15) is 0 Å². The topological polar surface area (TPSA) is 49.4 Å². The molecule has 2 amide bonds. The molecule has 4 aliphatic carbocycles. The third-order valence-corrected chi connectivity index (χ3v) is 6.95. The Hall–Kier alpha value is -1.68. The fraction of sp³-hybridized carbons (Fsp3) is 0.619. The normalized spacial score (nSPS) is 39.4. The lowest BCUT2D eigenvalue weighted by atomic mass is 9.53. The third-order valence-electron chi connectivity index (χ3n) is 6.95. The summed E-state index contributed by atoms with van der Waals surface area (Å²) >= 11 is 0. The van der Waals surface area contributed by atoms with Crippen molar-refractivity contribution in [3.8, 4) is 0 Å². The molecule has 6 rings (SSSR count). The highest BCUT2D eigenvalue weighted by molar-refractivity contribution is 6.05. The molecule has 1 aliphatic heterocycles. The van der Waals surface area contributed by atoms with Gasteiger partial charge in [-0.25, -0.2) is 0 Å². The van der Waals surface area contributed by atoms with Crippen LogP contribution in [0.4, 0.5) is 0 Å². The SMILES string of the molecule is O=C1C[C@@H](NC23CC4CC(CC(C4)C2)C3)C(=O)N1Cc1ccccc1. The smallest absolute Gasteiger partial charge is 0.247 e. The van der Waals surface area contributed by atoms with Gasteiger partial charge in [-0.3, -0.25) is 19.8 Å². The first-order valence-electron chi connectivity index (χ1n) is 9.76. The minimum absolute atomic E-state index is 0.0235. The number of hydrogen-bond donors (Lipinski definition) is 1. The van der Waals surface area contributed by atoms with Crippen molar-refractivity contribution in [3.63, 3.8) is 0 Å². The molecule has 0 spiro atoms. The quantitative estimate of drug-likeness (QED) is 0.859. The number of hydrogen-bond acceptors (Lipinski definition) is 3. The summed E-state index contributed by atoms with van der Waals surface area (Å²) < 4.78 is 0. The number of benzene rings is 1. The lowest BCUT2D eigenvalue weighted by molar-refractivity contribution is -0.140. The first kappa shape index (κ1) is 15.6. The van der Waals surface area contributed by atoms with E-state index >= 15 is 0 Å². The van der Waals surface area contributed by atoms with Gasteiger partial charge in [0.2, 0.25) is 11.8 Å². The Labute approximate surface area is 149 Å². The maximum Gasteiger partial charge on any atom is 0.247 e. The Balaban J connectivity index is 1.31. The Morgan fingerprint density at radius 3 is 2.16 bits per heavy atom. The molecule has 0 radical (unpaired) electrons. The van der Waals surface area contributed by atoms with E-state index in [0.717, 1.165) is 23.3 Å². The standard InChI is InChI=1S/C21H26N2O2/c24-19-9-18(20(25)23(19)13-14-4-2-1-3-5-14)22-21-10-15-6-16(11-21)8-17(7-15)12-21/h1-5,15-18,22H,6-13H2/t15?,16?,17?,18-,21?/m1/s1. The summed E-state index contributed by atoms with van der Waals surface area (Å²) in [5.74, 6) is 2.46. The van der Waals surface area contributed by atoms with Crippen LogP contribution in [0.5, 0.6) is 0 Å². The molecule has 1 aromatic rings. The van der Waals surface area contributed by atoms with Crippen molar-refractivity contribution in [1.82, 2.24) is 10.2 Å². The Morgan fingerprint density at radius 2 is 1.56 bits per heavy atom. The second kappa shape index (κ2) is 5.66. The number of rotatable bonds is 4. The van der Waals surface area contributed by atoms with Crippen molar-refractivity contribution < 1.29 is 9.59 Å². The van der Waals surface area contributed by atoms with Crippen LogP contribution >= 0.6 is 0 Å². The largest absolute Gasteiger partial charge is 0.300 e. The van der Waals surface area contributed by atoms with Crippen molar-refractivity contribution in [2.75, 3.05) is 0 Å². The zero-order chi connectivity index (χ0) is 17.0. The van der Waals surface area contributed by atoms with Crippen molar-refractivity contribution in [2.45, 2.75) is 63.1 Å². The fourth-order valence-electron chi connectivity index (χ4n) is 6.39. The summed E-state index contributed by atoms with van der Waals surface area (Å²) in [7, 11) is 0. The van der Waals surface area contributed by atoms with Crippen molar-refractivity contribution in [3.05, 3.63) is 35.9 Å². The molecule has 25 heavy (non-hydrogen) atoms. The van der Waals surface area contributed by atoms with E-state index in [1.165, 1.54) is 43.4 Å². The molecular formula is C21H26N2O2. The van der Waals surface area contributed by atoms with E-state index in [4.69, 9.17) is 0 Å². The molecule has 1 aromatic carbocycles. The van der Waals surface area contributed by atoms with Gasteiger partial charge in [0.15, 0.2) is 0 Å². The lowest BCUT2D eigenvalue weighted by Crippen LogP contribution is -2.61. The van der Waals surface area contributed by atoms with Crippen molar-refractivity contribution >= 4 is 11.8 Å². The van der Waals surface area contributed by atoms with Crippen LogP contribution in [0, 0.1) is 17.8 Å². The van der Waals surface area contributed by atoms with Crippen LogP contribution in [-0.4, -0.2) is 28.3 Å². The number of imide groups is 1. The van der Waals surface area contributed by atoms with Gasteiger partial charge in [0.25, 0.3) is 0 Å². The average Bonchev–Trinajstić information content (AvgIpc) is 2.81. The minimum atomic E-state index is -0.313. The lowest BCUT2D eigenvalue weighted by Gasteiger charge is -2.57. The predicted molar refractivity (Wildman–Crippen MR) is 94.4 cm³/mol. The number of carbonyl (C=O) groups excluding carboxylic acids is 2. The molecule has 1 atom stereocenters. The van der Waals surface area contributed by atoms with Gasteiger partial charge in [-0.05, 0) is 61.8 Å². The molecule has 1 saturated heterocycles. The highest BCUT2D eigenvalue weighted by Gasteiger charge is 2.53. The molecule has 0 aromatic heterocycles. The first-order chi connectivity index (χ1) is 12.1. The molecule has 1 heterocycles. The van der Waals surface area contributed by atoms with Gasteiger partial charge in [-0.15, -0.1) is 0 Å². The molecule has 0 unspecified atom stereocenters. The van der Waals surface area contributed by atoms with E-state index in [1.807, 2.05) is 30.3 Å². The molecule has 1 N–H and O–H groups in total. The van der Waals surface area contributed by atoms with Crippen molar-refractivity contribution in [2.24, 2.45) is 17.8 Å². The molecular weight excluding hydrogens is 312 g/mol. The molecule has 4 nitrogen and oxygen atoms in total. The zero-order valence-corrected chi connectivity index (χ0v) is 14.6. The second-order valence-electron chi connectivity index (χ2n) is 8.90. The van der Waals surface area contributed by atoms with Crippen LogP contribution in [0.2, 0.25) is 0 Å². The Bertz CT molecular complexity index is 664. The van der Waals surface area contributed by atoms with E-state index in [0.29, 0.717) is 13.0 Å². The maximum atomic E-state index is 12.9. The van der Waals surface area contributed by atoms with Gasteiger partial charge < -0.3 is 0 Å². The van der Waals surface area contributed by atoms with Gasteiger partial charge in [0.05, 0.1) is 19.0 Å². The molecule has 4 bridgehead atoms. The van der Waals surface area contributed by atoms with E-state index in [2.05, 4.69) is 5.32 Å². The van der Waals surface area contributed by atoms with Crippen LogP contribution in [0.25, 0.3) is 0 Å². The fourth-order valence-corrected chi connectivity index (χ4v) is 6.39. The molecule has 132 valence electrons. The van der Waals surface area contributed by atoms with Gasteiger partial charge >= 0.3 is 0 Å². The summed E-state index contributed by atoms with van der Waals surface area (Å²) in [5, 5.41) is 3.71. The second-order valence-corrected chi connectivity index (χ2v) is 8.90. The van der Waals surface area contributed by atoms with Crippen LogP contribution < -0.4 is 5.32 Å². The summed E-state index contributed by atoms with van der Waals surface area (Å²) in [6.45, 7) is 0.400. The number of carbonyl (C=O) groups is 2. The monoisotopic (exact) mass is 338 g/mol. The zero-order valence-electron chi connectivity index (χ0n) is 14.6. The number of nitrogens with one attached hydrogen (secondary N) is 1. The van der Waals surface area contributed by atoms with Crippen LogP contribution in [0.3, 0.4) is 0 Å². The molecule has 5 aliphatic rings. The number of amides is 2. The van der Waals surface area contributed by atoms with Crippen LogP contribution in [0.15, 0.2) is 30.3 Å². The highest BCUT2D eigenvalue weighted by Crippen LogP contribution is 2.55. The number of likely N-dealkylation sites (tertiary alicyclic amines) is 1. The van der Waals surface area contributed by atoms with E-state index in [9.17, 15) is 9.59 Å². The maximum absolute atomic E-state index is 12.9. The Kier molecular flexibility index (Phi) is 3.53. The molecule has 4 saturated carbocycles. The minimum Gasteiger partial charge on any atom is -0.300 e. The van der Waals surface area contributed by atoms with E-state index in [1.54, 1.807) is 0 Å². The Morgan fingerprint density at radius 1 is 0.960 bits per heavy atom. The van der Waals surface area contributed by atoms with Gasteiger partial charge in [-0.1, -0.05) is 30.3 Å². The van der Waals surface area contributed by atoms with E-state index in [-0.39, 0.29) is 23.4 Å².